The molecule has 0 spiro atoms. The van der Waals surface area contributed by atoms with Crippen molar-refractivity contribution in [3.8, 4) is 11.5 Å². The molecule has 1 heterocycles. The Morgan fingerprint density at radius 2 is 2.32 bits per heavy atom. The van der Waals surface area contributed by atoms with Crippen LogP contribution >= 0.6 is 23.4 Å². The van der Waals surface area contributed by atoms with Crippen molar-refractivity contribution in [1.29, 1.82) is 0 Å². The lowest BCUT2D eigenvalue weighted by molar-refractivity contribution is -0.139. The number of hydrogen-bond acceptors (Lipinski definition) is 6. The number of rotatable bonds is 5. The molecule has 0 saturated heterocycles. The van der Waals surface area contributed by atoms with Gasteiger partial charge in [0.1, 0.15) is 5.75 Å². The first-order valence-corrected chi connectivity index (χ1v) is 6.93. The van der Waals surface area contributed by atoms with E-state index in [2.05, 4.69) is 10.2 Å². The summed E-state index contributed by atoms with van der Waals surface area (Å²) in [5.74, 6) is 0.203. The summed E-state index contributed by atoms with van der Waals surface area (Å²) in [7, 11) is 0. The Kier molecular flexibility index (Phi) is 4.81. The molecule has 0 unspecified atom stereocenters. The Bertz CT molecular complexity index is 574. The molecule has 0 radical (unpaired) electrons. The van der Waals surface area contributed by atoms with Crippen molar-refractivity contribution in [2.75, 3.05) is 12.4 Å². The molecule has 0 fully saturated rings. The zero-order valence-electron chi connectivity index (χ0n) is 10.1. The van der Waals surface area contributed by atoms with Crippen LogP contribution in [0, 0.1) is 0 Å². The van der Waals surface area contributed by atoms with E-state index in [0.717, 1.165) is 17.3 Å². The summed E-state index contributed by atoms with van der Waals surface area (Å²) < 4.78 is 10.2. The highest BCUT2D eigenvalue weighted by molar-refractivity contribution is 7.99. The Hall–Kier alpha value is -1.53. The molecule has 19 heavy (non-hydrogen) atoms. The number of nitrogens with zero attached hydrogens (tertiary/aromatic N) is 2. The minimum atomic E-state index is -0.310. The van der Waals surface area contributed by atoms with Crippen molar-refractivity contribution in [1.82, 2.24) is 10.2 Å². The van der Waals surface area contributed by atoms with Crippen LogP contribution in [0.4, 0.5) is 0 Å². The molecule has 0 amide bonds. The predicted octanol–water partition coefficient (Wildman–Crippen LogP) is 3.05. The van der Waals surface area contributed by atoms with E-state index in [0.29, 0.717) is 22.7 Å². The van der Waals surface area contributed by atoms with Crippen LogP contribution in [-0.2, 0) is 9.53 Å². The molecule has 0 atom stereocenters. The zero-order chi connectivity index (χ0) is 13.7. The number of thioether (sulfide) groups is 1. The first kappa shape index (κ1) is 13.9. The van der Waals surface area contributed by atoms with Gasteiger partial charge in [0.2, 0.25) is 5.89 Å². The highest BCUT2D eigenvalue weighted by Crippen LogP contribution is 2.24. The third kappa shape index (κ3) is 3.97. The smallest absolute Gasteiger partial charge is 0.316 e. The fraction of sp³-hybridized carbons (Fsp3) is 0.250. The monoisotopic (exact) mass is 298 g/mol. The number of benzene rings is 1. The maximum Gasteiger partial charge on any atom is 0.316 e. The fourth-order valence-corrected chi connectivity index (χ4v) is 2.08. The molecule has 0 aliphatic heterocycles. The van der Waals surface area contributed by atoms with Gasteiger partial charge in [-0.25, -0.2) is 0 Å². The summed E-state index contributed by atoms with van der Waals surface area (Å²) in [6, 6.07) is 7.11. The van der Waals surface area contributed by atoms with E-state index in [1.54, 1.807) is 25.1 Å². The van der Waals surface area contributed by atoms with Gasteiger partial charge in [-0.05, 0) is 25.1 Å². The van der Waals surface area contributed by atoms with Crippen molar-refractivity contribution in [3.05, 3.63) is 29.3 Å². The minimum Gasteiger partial charge on any atom is -0.465 e. The molecule has 2 rings (SSSR count). The van der Waals surface area contributed by atoms with E-state index in [1.807, 2.05) is 6.07 Å². The summed E-state index contributed by atoms with van der Waals surface area (Å²) >= 11 is 7.02. The van der Waals surface area contributed by atoms with Crippen LogP contribution < -0.4 is 0 Å². The van der Waals surface area contributed by atoms with Gasteiger partial charge in [-0.2, -0.15) is 0 Å². The lowest BCUT2D eigenvalue weighted by Crippen LogP contribution is -2.06. The molecule has 5 nitrogen and oxygen atoms in total. The summed E-state index contributed by atoms with van der Waals surface area (Å²) in [5, 5.41) is 8.67. The van der Waals surface area contributed by atoms with Crippen LogP contribution in [0.3, 0.4) is 0 Å². The lowest BCUT2D eigenvalue weighted by Gasteiger charge is -1.98. The molecule has 2 aromatic rings. The topological polar surface area (TPSA) is 65.2 Å². The Balaban J connectivity index is 2.01. The summed E-state index contributed by atoms with van der Waals surface area (Å²) in [6.45, 7) is 2.11. The van der Waals surface area contributed by atoms with Gasteiger partial charge < -0.3 is 9.15 Å². The van der Waals surface area contributed by atoms with Crippen LogP contribution in [-0.4, -0.2) is 28.5 Å². The van der Waals surface area contributed by atoms with E-state index in [9.17, 15) is 4.79 Å². The van der Waals surface area contributed by atoms with Gasteiger partial charge in [0.05, 0.1) is 6.61 Å². The van der Waals surface area contributed by atoms with Crippen molar-refractivity contribution < 1.29 is 13.9 Å². The van der Waals surface area contributed by atoms with Crippen molar-refractivity contribution >= 4 is 29.3 Å². The minimum absolute atomic E-state index is 0.144. The lowest BCUT2D eigenvalue weighted by atomic mass is 10.2. The molecule has 0 saturated carbocycles. The van der Waals surface area contributed by atoms with E-state index in [1.165, 1.54) is 0 Å². The first-order chi connectivity index (χ1) is 9.19. The predicted molar refractivity (Wildman–Crippen MR) is 72.1 cm³/mol. The number of carbonyl (C=O) groups is 1. The van der Waals surface area contributed by atoms with Gasteiger partial charge in [-0.15, -0.1) is 10.2 Å². The van der Waals surface area contributed by atoms with Crippen molar-refractivity contribution in [2.24, 2.45) is 0 Å². The van der Waals surface area contributed by atoms with Gasteiger partial charge >= 0.3 is 5.97 Å². The molecule has 7 heteroatoms. The molecule has 0 aliphatic carbocycles. The Labute approximate surface area is 119 Å². The standard InChI is InChI=1S/C12H11ClN2O3S/c1-2-17-10(16)7-19-12-15-14-11(18-12)8-4-3-5-9(13)6-8/h3-6H,2,7H2,1H3. The number of halogens is 1. The zero-order valence-corrected chi connectivity index (χ0v) is 11.7. The van der Waals surface area contributed by atoms with E-state index in [4.69, 9.17) is 20.8 Å². The number of aromatic nitrogens is 2. The fourth-order valence-electron chi connectivity index (χ4n) is 1.33. The molecule has 1 aromatic heterocycles. The normalized spacial score (nSPS) is 10.4. The molecular formula is C12H11ClN2O3S. The van der Waals surface area contributed by atoms with Gasteiger partial charge in [0.25, 0.3) is 5.22 Å². The maximum atomic E-state index is 11.2. The van der Waals surface area contributed by atoms with Crippen molar-refractivity contribution in [2.45, 2.75) is 12.1 Å². The summed E-state index contributed by atoms with van der Waals surface area (Å²) in [4.78, 5) is 11.2. The number of carbonyl (C=O) groups excluding carboxylic acids is 1. The van der Waals surface area contributed by atoms with Crippen LogP contribution in [0.1, 0.15) is 6.92 Å². The molecule has 0 aliphatic rings. The van der Waals surface area contributed by atoms with Crippen LogP contribution in [0.2, 0.25) is 5.02 Å². The average molecular weight is 299 g/mol. The van der Waals surface area contributed by atoms with Crippen LogP contribution in [0.25, 0.3) is 11.5 Å². The largest absolute Gasteiger partial charge is 0.465 e. The van der Waals surface area contributed by atoms with Crippen LogP contribution in [0.5, 0.6) is 0 Å². The number of hydrogen-bond donors (Lipinski definition) is 0. The molecule has 1 aromatic carbocycles. The van der Waals surface area contributed by atoms with E-state index >= 15 is 0 Å². The first-order valence-electron chi connectivity index (χ1n) is 5.57. The van der Waals surface area contributed by atoms with Crippen molar-refractivity contribution in [3.63, 3.8) is 0 Å². The van der Waals surface area contributed by atoms with E-state index < -0.39 is 0 Å². The highest BCUT2D eigenvalue weighted by atomic mass is 35.5. The quantitative estimate of drug-likeness (QED) is 0.624. The summed E-state index contributed by atoms with van der Waals surface area (Å²) in [6.07, 6.45) is 0. The molecule has 0 N–H and O–H groups in total. The SMILES string of the molecule is CCOC(=O)CSc1nnc(-c2cccc(Cl)c2)o1. The van der Waals surface area contributed by atoms with Crippen LogP contribution in [0.15, 0.2) is 33.9 Å². The van der Waals surface area contributed by atoms with Gasteiger partial charge in [-0.3, -0.25) is 4.79 Å². The van der Waals surface area contributed by atoms with E-state index in [-0.39, 0.29) is 11.7 Å². The number of ether oxygens (including phenoxy) is 1. The second-order valence-electron chi connectivity index (χ2n) is 3.48. The molecule has 0 bridgehead atoms. The highest BCUT2D eigenvalue weighted by Gasteiger charge is 2.11. The maximum absolute atomic E-state index is 11.2. The number of esters is 1. The van der Waals surface area contributed by atoms with Gasteiger partial charge in [0, 0.05) is 10.6 Å². The third-order valence-corrected chi connectivity index (χ3v) is 3.12. The second kappa shape index (κ2) is 6.58. The molecule has 100 valence electrons. The van der Waals surface area contributed by atoms with Gasteiger partial charge in [-0.1, -0.05) is 29.4 Å². The summed E-state index contributed by atoms with van der Waals surface area (Å²) in [5.41, 5.74) is 0.739. The Morgan fingerprint density at radius 3 is 3.05 bits per heavy atom. The Morgan fingerprint density at radius 1 is 1.47 bits per heavy atom. The third-order valence-electron chi connectivity index (χ3n) is 2.10. The second-order valence-corrected chi connectivity index (χ2v) is 4.84. The molecular weight excluding hydrogens is 288 g/mol. The van der Waals surface area contributed by atoms with Gasteiger partial charge in [0.15, 0.2) is 0 Å². The average Bonchev–Trinajstić information content (AvgIpc) is 2.85.